The van der Waals surface area contributed by atoms with Crippen molar-refractivity contribution < 1.29 is 4.79 Å². The van der Waals surface area contributed by atoms with Gasteiger partial charge < -0.3 is 5.32 Å². The van der Waals surface area contributed by atoms with Gasteiger partial charge in [-0.2, -0.15) is 0 Å². The maximum Gasteiger partial charge on any atom is 0.230 e. The number of nitrogens with one attached hydrogen (secondary N) is 2. The third-order valence-electron chi connectivity index (χ3n) is 2.79. The number of aryl methyl sites for hydroxylation is 2. The highest BCUT2D eigenvalue weighted by molar-refractivity contribution is 7.99. The molecule has 0 saturated carbocycles. The molecule has 0 fully saturated rings. The molecule has 0 spiro atoms. The molecule has 1 aromatic carbocycles. The standard InChI is InChI=1S/C14H18N4OS/c1-3-12-16-14(18-17-12)20-9-13(19)15-8-11-6-4-10(2)5-7-11/h4-7H,3,8-9H2,1-2H3,(H,15,19)(H,16,17,18). The normalized spacial score (nSPS) is 10.5. The first kappa shape index (κ1) is 14.6. The molecule has 0 radical (unpaired) electrons. The van der Waals surface area contributed by atoms with E-state index in [0.29, 0.717) is 17.5 Å². The van der Waals surface area contributed by atoms with Gasteiger partial charge in [0.2, 0.25) is 11.1 Å². The predicted molar refractivity (Wildman–Crippen MR) is 79.5 cm³/mol. The Balaban J connectivity index is 1.74. The summed E-state index contributed by atoms with van der Waals surface area (Å²) in [6.45, 7) is 4.59. The summed E-state index contributed by atoms with van der Waals surface area (Å²) in [5.74, 6) is 1.15. The van der Waals surface area contributed by atoms with Crippen LogP contribution in [0.1, 0.15) is 23.9 Å². The summed E-state index contributed by atoms with van der Waals surface area (Å²) in [6, 6.07) is 8.11. The molecule has 1 heterocycles. The Hall–Kier alpha value is -1.82. The van der Waals surface area contributed by atoms with Crippen molar-refractivity contribution in [2.45, 2.75) is 32.0 Å². The van der Waals surface area contributed by atoms with Crippen molar-refractivity contribution in [3.63, 3.8) is 0 Å². The Morgan fingerprint density at radius 2 is 2.10 bits per heavy atom. The number of aromatic amines is 1. The number of amides is 1. The molecule has 0 unspecified atom stereocenters. The van der Waals surface area contributed by atoms with E-state index in [4.69, 9.17) is 0 Å². The third-order valence-corrected chi connectivity index (χ3v) is 3.64. The molecule has 1 amide bonds. The van der Waals surface area contributed by atoms with Gasteiger partial charge in [0.05, 0.1) is 5.75 Å². The van der Waals surface area contributed by atoms with Gasteiger partial charge in [-0.25, -0.2) is 4.98 Å². The van der Waals surface area contributed by atoms with Crippen molar-refractivity contribution in [1.29, 1.82) is 0 Å². The summed E-state index contributed by atoms with van der Waals surface area (Å²) in [6.07, 6.45) is 0.813. The van der Waals surface area contributed by atoms with Crippen molar-refractivity contribution in [3.8, 4) is 0 Å². The second-order valence-corrected chi connectivity index (χ2v) is 5.41. The lowest BCUT2D eigenvalue weighted by Crippen LogP contribution is -2.24. The van der Waals surface area contributed by atoms with Crippen LogP contribution in [0.4, 0.5) is 0 Å². The SMILES string of the molecule is CCc1nc(SCC(=O)NCc2ccc(C)cc2)n[nH]1. The molecule has 2 N–H and O–H groups in total. The molecule has 0 atom stereocenters. The Bertz CT molecular complexity index is 565. The van der Waals surface area contributed by atoms with Gasteiger partial charge in [0.15, 0.2) is 0 Å². The first-order chi connectivity index (χ1) is 9.67. The molecule has 0 bridgehead atoms. The molecule has 0 aliphatic rings. The number of aromatic nitrogens is 3. The molecule has 2 aromatic rings. The number of hydrogen-bond donors (Lipinski definition) is 2. The summed E-state index contributed by atoms with van der Waals surface area (Å²) >= 11 is 1.34. The summed E-state index contributed by atoms with van der Waals surface area (Å²) in [4.78, 5) is 16.0. The highest BCUT2D eigenvalue weighted by Crippen LogP contribution is 2.12. The van der Waals surface area contributed by atoms with E-state index in [2.05, 4.69) is 20.5 Å². The minimum Gasteiger partial charge on any atom is -0.351 e. The Morgan fingerprint density at radius 3 is 2.75 bits per heavy atom. The van der Waals surface area contributed by atoms with Crippen molar-refractivity contribution in [3.05, 3.63) is 41.2 Å². The van der Waals surface area contributed by atoms with Crippen LogP contribution in [-0.4, -0.2) is 26.8 Å². The molecule has 6 heteroatoms. The fourth-order valence-corrected chi connectivity index (χ4v) is 2.24. The first-order valence-corrected chi connectivity index (χ1v) is 7.52. The number of H-pyrrole nitrogens is 1. The average molecular weight is 290 g/mol. The monoisotopic (exact) mass is 290 g/mol. The van der Waals surface area contributed by atoms with Gasteiger partial charge in [-0.1, -0.05) is 48.5 Å². The Morgan fingerprint density at radius 1 is 1.35 bits per heavy atom. The van der Waals surface area contributed by atoms with E-state index in [1.807, 2.05) is 38.1 Å². The predicted octanol–water partition coefficient (Wildman–Crippen LogP) is 2.08. The highest BCUT2D eigenvalue weighted by atomic mass is 32.2. The van der Waals surface area contributed by atoms with Gasteiger partial charge >= 0.3 is 0 Å². The molecular weight excluding hydrogens is 272 g/mol. The lowest BCUT2D eigenvalue weighted by molar-refractivity contribution is -0.118. The minimum absolute atomic E-state index is 0.0153. The second kappa shape index (κ2) is 7.09. The quantitative estimate of drug-likeness (QED) is 0.799. The third kappa shape index (κ3) is 4.38. The molecule has 106 valence electrons. The molecule has 2 rings (SSSR count). The number of rotatable bonds is 6. The van der Waals surface area contributed by atoms with Gasteiger partial charge in [-0.05, 0) is 12.5 Å². The average Bonchev–Trinajstić information content (AvgIpc) is 2.92. The van der Waals surface area contributed by atoms with E-state index in [1.54, 1.807) is 0 Å². The zero-order valence-corrected chi connectivity index (χ0v) is 12.5. The molecule has 20 heavy (non-hydrogen) atoms. The van der Waals surface area contributed by atoms with Crippen LogP contribution >= 0.6 is 11.8 Å². The maximum absolute atomic E-state index is 11.7. The molecule has 1 aromatic heterocycles. The van der Waals surface area contributed by atoms with Crippen molar-refractivity contribution >= 4 is 17.7 Å². The van der Waals surface area contributed by atoms with Crippen molar-refractivity contribution in [2.24, 2.45) is 0 Å². The lowest BCUT2D eigenvalue weighted by atomic mass is 10.1. The van der Waals surface area contributed by atoms with Gasteiger partial charge in [0.1, 0.15) is 5.82 Å². The number of carbonyl (C=O) groups is 1. The zero-order chi connectivity index (χ0) is 14.4. The van der Waals surface area contributed by atoms with Crippen LogP contribution in [0, 0.1) is 6.92 Å². The fraction of sp³-hybridized carbons (Fsp3) is 0.357. The molecule has 5 nitrogen and oxygen atoms in total. The molecule has 0 aliphatic heterocycles. The second-order valence-electron chi connectivity index (χ2n) is 4.47. The minimum atomic E-state index is -0.0153. The van der Waals surface area contributed by atoms with Gasteiger partial charge in [0, 0.05) is 13.0 Å². The Kier molecular flexibility index (Phi) is 5.17. The van der Waals surface area contributed by atoms with E-state index in [1.165, 1.54) is 17.3 Å². The van der Waals surface area contributed by atoms with Crippen LogP contribution in [0.2, 0.25) is 0 Å². The van der Waals surface area contributed by atoms with Crippen LogP contribution in [0.15, 0.2) is 29.4 Å². The number of nitrogens with zero attached hydrogens (tertiary/aromatic N) is 2. The Labute approximate surface area is 122 Å². The van der Waals surface area contributed by atoms with E-state index in [-0.39, 0.29) is 5.91 Å². The first-order valence-electron chi connectivity index (χ1n) is 6.53. The number of thioether (sulfide) groups is 1. The summed E-state index contributed by atoms with van der Waals surface area (Å²) in [5, 5.41) is 10.4. The molecule has 0 aliphatic carbocycles. The van der Waals surface area contributed by atoms with Gasteiger partial charge in [-0.3, -0.25) is 9.89 Å². The van der Waals surface area contributed by atoms with Gasteiger partial charge in [-0.15, -0.1) is 5.10 Å². The number of carbonyl (C=O) groups excluding carboxylic acids is 1. The molecule has 0 saturated heterocycles. The largest absolute Gasteiger partial charge is 0.351 e. The highest BCUT2D eigenvalue weighted by Gasteiger charge is 2.06. The smallest absolute Gasteiger partial charge is 0.230 e. The summed E-state index contributed by atoms with van der Waals surface area (Å²) in [7, 11) is 0. The van der Waals surface area contributed by atoms with Crippen LogP contribution in [-0.2, 0) is 17.8 Å². The summed E-state index contributed by atoms with van der Waals surface area (Å²) in [5.41, 5.74) is 2.31. The fourth-order valence-electron chi connectivity index (χ4n) is 1.59. The summed E-state index contributed by atoms with van der Waals surface area (Å²) < 4.78 is 0. The number of benzene rings is 1. The van der Waals surface area contributed by atoms with Crippen LogP contribution in [0.25, 0.3) is 0 Å². The van der Waals surface area contributed by atoms with Crippen LogP contribution < -0.4 is 5.32 Å². The van der Waals surface area contributed by atoms with E-state index >= 15 is 0 Å². The topological polar surface area (TPSA) is 70.7 Å². The van der Waals surface area contributed by atoms with E-state index in [0.717, 1.165) is 17.8 Å². The van der Waals surface area contributed by atoms with Crippen molar-refractivity contribution in [1.82, 2.24) is 20.5 Å². The van der Waals surface area contributed by atoms with E-state index < -0.39 is 0 Å². The number of hydrogen-bond acceptors (Lipinski definition) is 4. The van der Waals surface area contributed by atoms with Crippen molar-refractivity contribution in [2.75, 3.05) is 5.75 Å². The van der Waals surface area contributed by atoms with Crippen LogP contribution in [0.3, 0.4) is 0 Å². The molecular formula is C14H18N4OS. The maximum atomic E-state index is 11.7. The van der Waals surface area contributed by atoms with Gasteiger partial charge in [0.25, 0.3) is 0 Å². The lowest BCUT2D eigenvalue weighted by Gasteiger charge is -2.04. The van der Waals surface area contributed by atoms with Crippen LogP contribution in [0.5, 0.6) is 0 Å². The zero-order valence-electron chi connectivity index (χ0n) is 11.6. The van der Waals surface area contributed by atoms with E-state index in [9.17, 15) is 4.79 Å².